The van der Waals surface area contributed by atoms with Gasteiger partial charge in [0, 0.05) is 11.7 Å². The Labute approximate surface area is 175 Å². The van der Waals surface area contributed by atoms with Crippen molar-refractivity contribution < 1.29 is 14.3 Å². The Kier molecular flexibility index (Phi) is 6.54. The van der Waals surface area contributed by atoms with Gasteiger partial charge in [0.1, 0.15) is 0 Å². The van der Waals surface area contributed by atoms with Gasteiger partial charge in [-0.15, -0.1) is 17.5 Å². The van der Waals surface area contributed by atoms with Gasteiger partial charge >= 0.3 is 5.97 Å². The highest BCUT2D eigenvalue weighted by Crippen LogP contribution is 2.45. The number of carbonyl (C=O) groups excluding carboxylic acids is 2. The summed E-state index contributed by atoms with van der Waals surface area (Å²) >= 11 is 0. The van der Waals surface area contributed by atoms with Gasteiger partial charge in [0.25, 0.3) is 5.91 Å². The molecule has 1 amide bonds. The number of hydrogen-bond donors (Lipinski definition) is 2. The van der Waals surface area contributed by atoms with E-state index in [-0.39, 0.29) is 30.0 Å². The first-order chi connectivity index (χ1) is 13.6. The van der Waals surface area contributed by atoms with Gasteiger partial charge in [0.15, 0.2) is 5.69 Å². The average Bonchev–Trinajstić information content (AvgIpc) is 3.33. The average molecular weight is 420 g/mol. The van der Waals surface area contributed by atoms with Gasteiger partial charge < -0.3 is 15.4 Å². The molecule has 1 aromatic carbocycles. The largest absolute Gasteiger partial charge is 0.468 e. The highest BCUT2D eigenvalue weighted by atomic mass is 35.5. The van der Waals surface area contributed by atoms with Crippen LogP contribution in [0.3, 0.4) is 0 Å². The molecule has 4 rings (SSSR count). The number of nitrogens with zero attached hydrogens (tertiary/aromatic N) is 3. The van der Waals surface area contributed by atoms with E-state index in [1.807, 2.05) is 18.2 Å². The van der Waals surface area contributed by atoms with Crippen LogP contribution in [-0.4, -0.2) is 46.6 Å². The quantitative estimate of drug-likeness (QED) is 0.697. The van der Waals surface area contributed by atoms with Gasteiger partial charge in [0.2, 0.25) is 0 Å². The second-order valence-corrected chi connectivity index (χ2v) is 7.58. The SMILES string of the molecule is COC(=O)C1(c2cccc(NC(=O)c3cn(CC4CCCN4)nn3)c2)CCC1.Cl. The van der Waals surface area contributed by atoms with Crippen molar-refractivity contribution in [2.75, 3.05) is 19.0 Å². The number of aromatic nitrogens is 3. The van der Waals surface area contributed by atoms with Crippen LogP contribution < -0.4 is 10.6 Å². The van der Waals surface area contributed by atoms with E-state index in [9.17, 15) is 9.59 Å². The molecule has 0 radical (unpaired) electrons. The molecular formula is C20H26ClN5O3. The summed E-state index contributed by atoms with van der Waals surface area (Å²) in [5.74, 6) is -0.533. The topological polar surface area (TPSA) is 98.1 Å². The normalized spacial score (nSPS) is 19.7. The first kappa shape index (κ1) is 21.3. The lowest BCUT2D eigenvalue weighted by molar-refractivity contribution is -0.151. The Balaban J connectivity index is 0.00000240. The fourth-order valence-corrected chi connectivity index (χ4v) is 4.06. The molecule has 2 fully saturated rings. The maximum Gasteiger partial charge on any atom is 0.316 e. The van der Waals surface area contributed by atoms with Crippen LogP contribution in [0.2, 0.25) is 0 Å². The fourth-order valence-electron chi connectivity index (χ4n) is 4.06. The Morgan fingerprint density at radius 2 is 2.17 bits per heavy atom. The second kappa shape index (κ2) is 8.92. The van der Waals surface area contributed by atoms with E-state index >= 15 is 0 Å². The van der Waals surface area contributed by atoms with Crippen molar-refractivity contribution in [1.82, 2.24) is 20.3 Å². The Morgan fingerprint density at radius 1 is 1.34 bits per heavy atom. The highest BCUT2D eigenvalue weighted by molar-refractivity contribution is 6.02. The van der Waals surface area contributed by atoms with Gasteiger partial charge in [-0.25, -0.2) is 0 Å². The summed E-state index contributed by atoms with van der Waals surface area (Å²) in [6.07, 6.45) is 6.46. The molecule has 1 aliphatic carbocycles. The summed E-state index contributed by atoms with van der Waals surface area (Å²) in [4.78, 5) is 24.8. The number of anilines is 1. The second-order valence-electron chi connectivity index (χ2n) is 7.58. The third kappa shape index (κ3) is 4.28. The molecule has 1 aromatic heterocycles. The van der Waals surface area contributed by atoms with Gasteiger partial charge in [-0.3, -0.25) is 14.3 Å². The number of methoxy groups -OCH3 is 1. The van der Waals surface area contributed by atoms with Crippen molar-refractivity contribution in [3.05, 3.63) is 41.7 Å². The Bertz CT molecular complexity index is 875. The molecule has 1 aliphatic heterocycles. The van der Waals surface area contributed by atoms with Crippen molar-refractivity contribution in [2.45, 2.75) is 50.1 Å². The minimum atomic E-state index is -0.590. The number of ether oxygens (including phenoxy) is 1. The number of esters is 1. The van der Waals surface area contributed by atoms with Crippen molar-refractivity contribution >= 4 is 30.0 Å². The van der Waals surface area contributed by atoms with E-state index in [0.717, 1.165) is 44.2 Å². The van der Waals surface area contributed by atoms with Crippen LogP contribution >= 0.6 is 12.4 Å². The van der Waals surface area contributed by atoms with Crippen molar-refractivity contribution in [3.63, 3.8) is 0 Å². The minimum absolute atomic E-state index is 0. The number of rotatable bonds is 6. The molecule has 9 heteroatoms. The molecule has 1 saturated heterocycles. The molecular weight excluding hydrogens is 394 g/mol. The summed E-state index contributed by atoms with van der Waals surface area (Å²) in [6.45, 7) is 1.73. The predicted octanol–water partition coefficient (Wildman–Crippen LogP) is 2.30. The molecule has 0 spiro atoms. The van der Waals surface area contributed by atoms with Gasteiger partial charge in [-0.2, -0.15) is 0 Å². The zero-order chi connectivity index (χ0) is 19.6. The van der Waals surface area contributed by atoms with Gasteiger partial charge in [0.05, 0.1) is 25.3 Å². The zero-order valence-corrected chi connectivity index (χ0v) is 17.2. The molecule has 8 nitrogen and oxygen atoms in total. The lowest BCUT2D eigenvalue weighted by Crippen LogP contribution is -2.43. The molecule has 0 bridgehead atoms. The molecule has 1 unspecified atom stereocenters. The van der Waals surface area contributed by atoms with E-state index < -0.39 is 5.41 Å². The molecule has 2 N–H and O–H groups in total. The van der Waals surface area contributed by atoms with Crippen LogP contribution in [0.5, 0.6) is 0 Å². The summed E-state index contributed by atoms with van der Waals surface area (Å²) in [5.41, 5.74) is 1.19. The summed E-state index contributed by atoms with van der Waals surface area (Å²) in [5, 5.41) is 14.3. The number of amides is 1. The van der Waals surface area contributed by atoms with Crippen molar-refractivity contribution in [2.24, 2.45) is 0 Å². The van der Waals surface area contributed by atoms with E-state index in [4.69, 9.17) is 4.74 Å². The number of carbonyl (C=O) groups is 2. The van der Waals surface area contributed by atoms with Crippen molar-refractivity contribution in [1.29, 1.82) is 0 Å². The van der Waals surface area contributed by atoms with E-state index in [2.05, 4.69) is 20.9 Å². The van der Waals surface area contributed by atoms with E-state index in [0.29, 0.717) is 18.3 Å². The number of halogens is 1. The van der Waals surface area contributed by atoms with Crippen LogP contribution in [0, 0.1) is 0 Å². The number of benzene rings is 1. The highest BCUT2D eigenvalue weighted by Gasteiger charge is 2.46. The summed E-state index contributed by atoms with van der Waals surface area (Å²) in [7, 11) is 1.42. The molecule has 29 heavy (non-hydrogen) atoms. The maximum atomic E-state index is 12.6. The van der Waals surface area contributed by atoms with E-state index in [1.165, 1.54) is 7.11 Å². The number of nitrogens with one attached hydrogen (secondary N) is 2. The Morgan fingerprint density at radius 3 is 2.83 bits per heavy atom. The van der Waals surface area contributed by atoms with E-state index in [1.54, 1.807) is 16.9 Å². The standard InChI is InChI=1S/C20H25N5O3.ClH/c1-28-19(27)20(8-4-9-20)14-5-2-6-15(11-14)22-18(26)17-13-25(24-23-17)12-16-7-3-10-21-16;/h2,5-6,11,13,16,21H,3-4,7-10,12H2,1H3,(H,22,26);1H. The smallest absolute Gasteiger partial charge is 0.316 e. The Hall–Kier alpha value is -2.45. The zero-order valence-electron chi connectivity index (χ0n) is 16.4. The lowest BCUT2D eigenvalue weighted by Gasteiger charge is -2.39. The third-order valence-corrected chi connectivity index (χ3v) is 5.80. The predicted molar refractivity (Wildman–Crippen MR) is 110 cm³/mol. The molecule has 2 aliphatic rings. The minimum Gasteiger partial charge on any atom is -0.468 e. The first-order valence-corrected chi connectivity index (χ1v) is 9.74. The maximum absolute atomic E-state index is 12.6. The molecule has 1 atom stereocenters. The van der Waals surface area contributed by atoms with Gasteiger partial charge in [-0.1, -0.05) is 23.8 Å². The molecule has 2 aromatic rings. The molecule has 156 valence electrons. The van der Waals surface area contributed by atoms with Crippen LogP contribution in [0.15, 0.2) is 30.5 Å². The van der Waals surface area contributed by atoms with Crippen LogP contribution in [0.25, 0.3) is 0 Å². The molecule has 2 heterocycles. The van der Waals surface area contributed by atoms with Crippen molar-refractivity contribution in [3.8, 4) is 0 Å². The molecule has 1 saturated carbocycles. The summed E-state index contributed by atoms with van der Waals surface area (Å²) < 4.78 is 6.71. The monoisotopic (exact) mass is 419 g/mol. The van der Waals surface area contributed by atoms with Crippen LogP contribution in [0.1, 0.15) is 48.2 Å². The first-order valence-electron chi connectivity index (χ1n) is 9.74. The lowest BCUT2D eigenvalue weighted by atomic mass is 9.64. The third-order valence-electron chi connectivity index (χ3n) is 5.80. The van der Waals surface area contributed by atoms with Crippen LogP contribution in [0.4, 0.5) is 5.69 Å². The number of hydrogen-bond acceptors (Lipinski definition) is 6. The van der Waals surface area contributed by atoms with Crippen LogP contribution in [-0.2, 0) is 21.5 Å². The fraction of sp³-hybridized carbons (Fsp3) is 0.500. The van der Waals surface area contributed by atoms with Gasteiger partial charge in [-0.05, 0) is 49.9 Å². The summed E-state index contributed by atoms with van der Waals surface area (Å²) in [6, 6.07) is 7.79.